The van der Waals surface area contributed by atoms with Gasteiger partial charge in [-0.05, 0) is 25.1 Å². The summed E-state index contributed by atoms with van der Waals surface area (Å²) in [7, 11) is -1.49. The van der Waals surface area contributed by atoms with Gasteiger partial charge in [0.15, 0.2) is 0 Å². The highest BCUT2D eigenvalue weighted by Gasteiger charge is 2.35. The van der Waals surface area contributed by atoms with Gasteiger partial charge in [0, 0.05) is 59.1 Å². The summed E-state index contributed by atoms with van der Waals surface area (Å²) in [5.41, 5.74) is -1.16. The quantitative estimate of drug-likeness (QED) is 0.395. The summed E-state index contributed by atoms with van der Waals surface area (Å²) in [6.45, 7) is 0.987. The Morgan fingerprint density at radius 3 is 2.77 bits per heavy atom. The number of ether oxygens (including phenoxy) is 1. The van der Waals surface area contributed by atoms with Crippen LogP contribution in [0.1, 0.15) is 34.1 Å². The fourth-order valence-electron chi connectivity index (χ4n) is 3.64. The molecule has 3 N–H and O–H groups in total. The number of aliphatic hydroxyl groups is 2. The molecule has 0 saturated carbocycles. The highest BCUT2D eigenvalue weighted by Crippen LogP contribution is 2.27. The average Bonchev–Trinajstić information content (AvgIpc) is 3.21. The van der Waals surface area contributed by atoms with E-state index in [1.807, 2.05) is 0 Å². The lowest BCUT2D eigenvalue weighted by atomic mass is 10.1. The Kier molecular flexibility index (Phi) is 8.68. The molecule has 2 heterocycles. The second-order valence-corrected chi connectivity index (χ2v) is 9.68. The van der Waals surface area contributed by atoms with Crippen LogP contribution >= 0.6 is 0 Å². The summed E-state index contributed by atoms with van der Waals surface area (Å²) in [6.07, 6.45) is -1.25. The first-order valence-electron chi connectivity index (χ1n) is 10.8. The summed E-state index contributed by atoms with van der Waals surface area (Å²) >= 11 is 0. The molecule has 4 atom stereocenters. The van der Waals surface area contributed by atoms with Gasteiger partial charge in [0.05, 0.1) is 18.3 Å². The molecule has 0 aliphatic carbocycles. The van der Waals surface area contributed by atoms with Gasteiger partial charge < -0.3 is 20.3 Å². The number of hydrogen-bond acceptors (Lipinski definition) is 8. The maximum atomic E-state index is 13.4. The van der Waals surface area contributed by atoms with E-state index in [-0.39, 0.29) is 47.7 Å². The van der Waals surface area contributed by atoms with Crippen LogP contribution in [0, 0.1) is 24.1 Å². The second-order valence-electron chi connectivity index (χ2n) is 7.98. The molecule has 1 aromatic heterocycles. The van der Waals surface area contributed by atoms with Crippen molar-refractivity contribution in [2.75, 3.05) is 24.7 Å². The van der Waals surface area contributed by atoms with Crippen molar-refractivity contribution >= 4 is 16.7 Å². The van der Waals surface area contributed by atoms with Crippen molar-refractivity contribution in [3.63, 3.8) is 0 Å². The van der Waals surface area contributed by atoms with E-state index in [4.69, 9.17) is 10.00 Å². The van der Waals surface area contributed by atoms with Crippen molar-refractivity contribution in [1.29, 1.82) is 5.26 Å². The third-order valence-corrected chi connectivity index (χ3v) is 6.87. The number of benzene rings is 1. The van der Waals surface area contributed by atoms with E-state index < -0.39 is 58.8 Å². The van der Waals surface area contributed by atoms with Gasteiger partial charge in [-0.1, -0.05) is 0 Å². The maximum Gasteiger partial charge on any atom is 0.333 e. The van der Waals surface area contributed by atoms with Gasteiger partial charge in [-0.25, -0.2) is 9.18 Å². The van der Waals surface area contributed by atoms with Crippen LogP contribution in [-0.4, -0.2) is 66.3 Å². The lowest BCUT2D eigenvalue weighted by Gasteiger charge is -2.17. The molecule has 1 aliphatic heterocycles. The van der Waals surface area contributed by atoms with Crippen LogP contribution in [0.5, 0.6) is 0 Å². The van der Waals surface area contributed by atoms with Crippen LogP contribution in [-0.2, 0) is 22.1 Å². The van der Waals surface area contributed by atoms with Crippen LogP contribution in [0.15, 0.2) is 34.0 Å². The smallest absolute Gasteiger partial charge is 0.333 e. The van der Waals surface area contributed by atoms with Crippen molar-refractivity contribution in [3.05, 3.63) is 67.7 Å². The number of aromatic nitrogens is 2. The summed E-state index contributed by atoms with van der Waals surface area (Å²) in [4.78, 5) is 37.5. The minimum atomic E-state index is -1.49. The largest absolute Gasteiger partial charge is 0.394 e. The molecule has 1 aliphatic rings. The Balaban J connectivity index is 1.59. The molecule has 188 valence electrons. The summed E-state index contributed by atoms with van der Waals surface area (Å²) in [6, 6.07) is 5.01. The van der Waals surface area contributed by atoms with Gasteiger partial charge in [-0.15, -0.1) is 0 Å². The Hall–Kier alpha value is -3.18. The molecule has 1 unspecified atom stereocenters. The first-order chi connectivity index (χ1) is 16.7. The number of nitriles is 1. The molecule has 13 heteroatoms. The normalized spacial score (nSPS) is 20.4. The van der Waals surface area contributed by atoms with Gasteiger partial charge in [0.1, 0.15) is 24.2 Å². The Morgan fingerprint density at radius 1 is 1.37 bits per heavy atom. The zero-order chi connectivity index (χ0) is 25.7. The van der Waals surface area contributed by atoms with E-state index in [1.165, 1.54) is 23.8 Å². The molecule has 2 aromatic rings. The monoisotopic (exact) mass is 507 g/mol. The van der Waals surface area contributed by atoms with E-state index in [9.17, 15) is 33.2 Å². The lowest BCUT2D eigenvalue weighted by Crippen LogP contribution is -2.43. The van der Waals surface area contributed by atoms with Crippen LogP contribution in [0.2, 0.25) is 0 Å². The van der Waals surface area contributed by atoms with Crippen molar-refractivity contribution in [2.45, 2.75) is 38.3 Å². The number of amides is 1. The average molecular weight is 508 g/mol. The first-order valence-corrected chi connectivity index (χ1v) is 12.2. The van der Waals surface area contributed by atoms with Gasteiger partial charge in [0.2, 0.25) is 0 Å². The van der Waals surface area contributed by atoms with Crippen LogP contribution in [0.3, 0.4) is 0 Å². The summed E-state index contributed by atoms with van der Waals surface area (Å²) < 4.78 is 33.4. The summed E-state index contributed by atoms with van der Waals surface area (Å²) in [5.74, 6) is -1.28. The number of aliphatic hydroxyl groups excluding tert-OH is 2. The number of hydrogen-bond donors (Lipinski definition) is 3. The predicted octanol–water partition coefficient (Wildman–Crippen LogP) is -0.851. The molecule has 1 aromatic carbocycles. The Labute approximate surface area is 201 Å². The SMILES string of the molecule is Cc1cn([C@H]2C[C@H](O)[C@@H](CO)O2)c(=O)n(CCS(=O)CCNC(=O)c2ccc([18F])c(C#N)c2)c1=O. The van der Waals surface area contributed by atoms with Gasteiger partial charge in [0.25, 0.3) is 11.5 Å². The van der Waals surface area contributed by atoms with Crippen molar-refractivity contribution in [1.82, 2.24) is 14.5 Å². The molecule has 35 heavy (non-hydrogen) atoms. The number of nitrogens with one attached hydrogen (secondary N) is 1. The molecule has 0 radical (unpaired) electrons. The van der Waals surface area contributed by atoms with Gasteiger partial charge in [-0.2, -0.15) is 5.26 Å². The zero-order valence-corrected chi connectivity index (χ0v) is 19.7. The number of carbonyl (C=O) groups excluding carboxylic acids is 1. The Bertz CT molecular complexity index is 1290. The highest BCUT2D eigenvalue weighted by atomic mass is 32.2. The van der Waals surface area contributed by atoms with E-state index in [2.05, 4.69) is 5.32 Å². The summed E-state index contributed by atoms with van der Waals surface area (Å²) in [5, 5.41) is 30.6. The minimum absolute atomic E-state index is 0.0218. The minimum Gasteiger partial charge on any atom is -0.394 e. The lowest BCUT2D eigenvalue weighted by molar-refractivity contribution is -0.0463. The van der Waals surface area contributed by atoms with Crippen molar-refractivity contribution in [3.8, 4) is 6.07 Å². The fourth-order valence-corrected chi connectivity index (χ4v) is 4.56. The van der Waals surface area contributed by atoms with Crippen molar-refractivity contribution < 1.29 is 28.3 Å². The van der Waals surface area contributed by atoms with E-state index >= 15 is 0 Å². The zero-order valence-electron chi connectivity index (χ0n) is 18.8. The second kappa shape index (κ2) is 11.5. The Morgan fingerprint density at radius 2 is 2.11 bits per heavy atom. The van der Waals surface area contributed by atoms with Crippen LogP contribution in [0.25, 0.3) is 0 Å². The molecular formula is C22H25FN4O7S. The molecule has 11 nitrogen and oxygen atoms in total. The standard InChI is InChI=1S/C22H25FN4O7S/c1-13-11-27(19-9-17(29)18(12-28)34-19)22(32)26(21(13)31)5-7-35(33)6-4-25-20(30)14-2-3-16(23)15(8-14)10-24/h2-3,8,11,17-19,28-29H,4-7,9,12H2,1H3,(H,25,30)/t17-,18+,19+,35?/m0/s1/i23-1. The first kappa shape index (κ1) is 26.4. The molecule has 0 spiro atoms. The third kappa shape index (κ3) is 6.09. The molecule has 1 fully saturated rings. The molecular weight excluding hydrogens is 482 g/mol. The maximum absolute atomic E-state index is 13.4. The number of aryl methyl sites for hydroxylation is 1. The topological polar surface area (TPSA) is 164 Å². The van der Waals surface area contributed by atoms with Gasteiger partial charge >= 0.3 is 5.69 Å². The van der Waals surface area contributed by atoms with Crippen LogP contribution < -0.4 is 16.6 Å². The van der Waals surface area contributed by atoms with E-state index in [1.54, 1.807) is 6.07 Å². The number of rotatable bonds is 9. The van der Waals surface area contributed by atoms with Crippen LogP contribution in [0.4, 0.5) is 4.39 Å². The fraction of sp³-hybridized carbons (Fsp3) is 0.455. The third-order valence-electron chi connectivity index (χ3n) is 5.57. The number of halogens is 1. The predicted molar refractivity (Wildman–Crippen MR) is 123 cm³/mol. The van der Waals surface area contributed by atoms with E-state index in [0.717, 1.165) is 16.7 Å². The highest BCUT2D eigenvalue weighted by molar-refractivity contribution is 7.84. The molecule has 1 saturated heterocycles. The van der Waals surface area contributed by atoms with E-state index in [0.29, 0.717) is 0 Å². The molecule has 1 amide bonds. The number of carbonyl (C=O) groups is 1. The number of nitrogens with zero attached hydrogens (tertiary/aromatic N) is 3. The molecule has 0 bridgehead atoms. The molecule has 3 rings (SSSR count). The van der Waals surface area contributed by atoms with Gasteiger partial charge in [-0.3, -0.25) is 22.9 Å². The van der Waals surface area contributed by atoms with Crippen molar-refractivity contribution in [2.24, 2.45) is 0 Å².